The average molecular weight is 463 g/mol. The van der Waals surface area contributed by atoms with Gasteiger partial charge in [-0.25, -0.2) is 4.68 Å². The van der Waals surface area contributed by atoms with Gasteiger partial charge in [-0.1, -0.05) is 32.4 Å². The number of benzene rings is 1. The Hall–Kier alpha value is -3.26. The van der Waals surface area contributed by atoms with E-state index in [2.05, 4.69) is 73.0 Å². The average Bonchev–Trinajstić information content (AvgIpc) is 3.47. The number of furan rings is 1. The number of H-pyrrole nitrogens is 1. The number of pyridine rings is 1. The van der Waals surface area contributed by atoms with Gasteiger partial charge in [-0.2, -0.15) is 0 Å². The zero-order valence-corrected chi connectivity index (χ0v) is 20.9. The Bertz CT molecular complexity index is 1300. The number of nitrogens with zero attached hydrogens (tertiary/aromatic N) is 5. The molecule has 34 heavy (non-hydrogen) atoms. The first-order valence-corrected chi connectivity index (χ1v) is 11.9. The highest BCUT2D eigenvalue weighted by Crippen LogP contribution is 2.33. The van der Waals surface area contributed by atoms with Gasteiger partial charge in [0.05, 0.1) is 24.4 Å². The lowest BCUT2D eigenvalue weighted by atomic mass is 9.97. The van der Waals surface area contributed by atoms with Crippen molar-refractivity contribution in [2.24, 2.45) is 5.92 Å². The van der Waals surface area contributed by atoms with Crippen molar-refractivity contribution in [3.63, 3.8) is 0 Å². The molecule has 1 aromatic carbocycles. The van der Waals surface area contributed by atoms with E-state index in [1.54, 1.807) is 6.26 Å². The normalized spacial score (nSPS) is 13.3. The molecule has 0 aliphatic heterocycles. The van der Waals surface area contributed by atoms with Crippen LogP contribution in [-0.4, -0.2) is 30.1 Å². The second-order valence-corrected chi connectivity index (χ2v) is 10.0. The molecule has 0 spiro atoms. The standard InChI is InChI=1S/C26H34N6O2/c1-7-26(5,6)32-24(28-29-30-32)23(17(2)3)31(16-21-9-8-12-34-21)15-20-14-19-13-18(4)10-11-22(19)27-25(20)33/h8-14,17,23H,7,15-16H2,1-6H3,(H,27,33)/t23-/m0/s1. The quantitative estimate of drug-likeness (QED) is 0.378. The van der Waals surface area contributed by atoms with Crippen molar-refractivity contribution in [2.75, 3.05) is 0 Å². The lowest BCUT2D eigenvalue weighted by Crippen LogP contribution is -2.38. The van der Waals surface area contributed by atoms with Crippen molar-refractivity contribution in [1.29, 1.82) is 0 Å². The summed E-state index contributed by atoms with van der Waals surface area (Å²) < 4.78 is 7.63. The SMILES string of the molecule is CCC(C)(C)n1nnnc1[C@H](C(C)C)N(Cc1ccco1)Cc1cc2cc(C)ccc2[nH]c1=O. The Morgan fingerprint density at radius 1 is 1.18 bits per heavy atom. The maximum Gasteiger partial charge on any atom is 0.252 e. The van der Waals surface area contributed by atoms with E-state index >= 15 is 0 Å². The molecular weight excluding hydrogens is 428 g/mol. The van der Waals surface area contributed by atoms with Crippen LogP contribution in [0.4, 0.5) is 0 Å². The summed E-state index contributed by atoms with van der Waals surface area (Å²) in [7, 11) is 0. The number of rotatable bonds is 9. The third-order valence-electron chi connectivity index (χ3n) is 6.61. The molecule has 0 aliphatic rings. The molecule has 0 bridgehead atoms. The summed E-state index contributed by atoms with van der Waals surface area (Å²) in [5.41, 5.74) is 2.37. The molecule has 0 saturated heterocycles. The molecule has 4 rings (SSSR count). The summed E-state index contributed by atoms with van der Waals surface area (Å²) in [5, 5.41) is 13.9. The number of aryl methyl sites for hydroxylation is 1. The first-order valence-electron chi connectivity index (χ1n) is 11.9. The van der Waals surface area contributed by atoms with Crippen LogP contribution in [0.25, 0.3) is 10.9 Å². The molecule has 3 heterocycles. The Morgan fingerprint density at radius 3 is 2.65 bits per heavy atom. The Morgan fingerprint density at radius 2 is 1.97 bits per heavy atom. The second-order valence-electron chi connectivity index (χ2n) is 10.0. The van der Waals surface area contributed by atoms with Gasteiger partial charge in [0.25, 0.3) is 5.56 Å². The number of hydrogen-bond acceptors (Lipinski definition) is 6. The van der Waals surface area contributed by atoms with Gasteiger partial charge in [0.1, 0.15) is 5.76 Å². The predicted molar refractivity (Wildman–Crippen MR) is 132 cm³/mol. The van der Waals surface area contributed by atoms with Crippen LogP contribution in [0.1, 0.15) is 69.8 Å². The summed E-state index contributed by atoms with van der Waals surface area (Å²) in [6.45, 7) is 13.7. The van der Waals surface area contributed by atoms with E-state index < -0.39 is 0 Å². The molecule has 4 aromatic rings. The van der Waals surface area contributed by atoms with Crippen LogP contribution < -0.4 is 5.56 Å². The highest BCUT2D eigenvalue weighted by Gasteiger charge is 2.34. The number of tetrazole rings is 1. The van der Waals surface area contributed by atoms with E-state index in [1.165, 1.54) is 0 Å². The van der Waals surface area contributed by atoms with Gasteiger partial charge >= 0.3 is 0 Å². The fraction of sp³-hybridized carbons (Fsp3) is 0.462. The van der Waals surface area contributed by atoms with Gasteiger partial charge in [-0.15, -0.1) is 5.10 Å². The minimum atomic E-state index is -0.236. The van der Waals surface area contributed by atoms with Crippen LogP contribution in [0.5, 0.6) is 0 Å². The highest BCUT2D eigenvalue weighted by atomic mass is 16.3. The molecule has 0 fully saturated rings. The second kappa shape index (κ2) is 9.54. The van der Waals surface area contributed by atoms with E-state index in [0.29, 0.717) is 18.7 Å². The molecule has 0 unspecified atom stereocenters. The maximum absolute atomic E-state index is 13.1. The zero-order valence-electron chi connectivity index (χ0n) is 20.9. The number of nitrogens with one attached hydrogen (secondary N) is 1. The summed E-state index contributed by atoms with van der Waals surface area (Å²) in [5.74, 6) is 1.81. The Kier molecular flexibility index (Phi) is 6.70. The topological polar surface area (TPSA) is 92.8 Å². The summed E-state index contributed by atoms with van der Waals surface area (Å²) in [4.78, 5) is 18.3. The fourth-order valence-electron chi connectivity index (χ4n) is 4.41. The summed E-state index contributed by atoms with van der Waals surface area (Å²) in [6.07, 6.45) is 2.56. The van der Waals surface area contributed by atoms with E-state index in [4.69, 9.17) is 4.42 Å². The summed E-state index contributed by atoms with van der Waals surface area (Å²) in [6, 6.07) is 11.8. The van der Waals surface area contributed by atoms with E-state index in [-0.39, 0.29) is 23.1 Å². The lowest BCUT2D eigenvalue weighted by molar-refractivity contribution is 0.109. The largest absolute Gasteiger partial charge is 0.468 e. The summed E-state index contributed by atoms with van der Waals surface area (Å²) >= 11 is 0. The number of aromatic amines is 1. The van der Waals surface area contributed by atoms with Crippen LogP contribution in [0.2, 0.25) is 0 Å². The molecule has 3 aromatic heterocycles. The highest BCUT2D eigenvalue weighted by molar-refractivity contribution is 5.79. The molecule has 8 nitrogen and oxygen atoms in total. The van der Waals surface area contributed by atoms with E-state index in [9.17, 15) is 4.79 Å². The number of aromatic nitrogens is 5. The molecule has 0 aliphatic carbocycles. The van der Waals surface area contributed by atoms with Gasteiger partial charge < -0.3 is 9.40 Å². The van der Waals surface area contributed by atoms with Crippen LogP contribution in [0.15, 0.2) is 51.9 Å². The maximum atomic E-state index is 13.1. The smallest absolute Gasteiger partial charge is 0.252 e. The monoisotopic (exact) mass is 462 g/mol. The molecular formula is C26H34N6O2. The number of hydrogen-bond donors (Lipinski definition) is 1. The van der Waals surface area contributed by atoms with Crippen LogP contribution >= 0.6 is 0 Å². The van der Waals surface area contributed by atoms with Crippen molar-refractivity contribution in [2.45, 2.75) is 72.6 Å². The van der Waals surface area contributed by atoms with Gasteiger partial charge in [-0.3, -0.25) is 9.69 Å². The van der Waals surface area contributed by atoms with Crippen molar-refractivity contribution in [3.8, 4) is 0 Å². The van der Waals surface area contributed by atoms with Crippen molar-refractivity contribution in [3.05, 3.63) is 75.7 Å². The Balaban J connectivity index is 1.80. The molecule has 1 N–H and O–H groups in total. The van der Waals surface area contributed by atoms with Gasteiger partial charge in [-0.05, 0) is 79.3 Å². The van der Waals surface area contributed by atoms with Gasteiger partial charge in [0.15, 0.2) is 5.82 Å². The predicted octanol–water partition coefficient (Wildman–Crippen LogP) is 4.96. The van der Waals surface area contributed by atoms with Crippen LogP contribution in [0.3, 0.4) is 0 Å². The minimum Gasteiger partial charge on any atom is -0.468 e. The first-order chi connectivity index (χ1) is 16.2. The molecule has 8 heteroatoms. The first kappa shape index (κ1) is 23.9. The Labute approximate surface area is 200 Å². The minimum absolute atomic E-state index is 0.0863. The van der Waals surface area contributed by atoms with Gasteiger partial charge in [0.2, 0.25) is 0 Å². The van der Waals surface area contributed by atoms with Crippen molar-refractivity contribution in [1.82, 2.24) is 30.1 Å². The van der Waals surface area contributed by atoms with Crippen LogP contribution in [-0.2, 0) is 18.6 Å². The molecule has 180 valence electrons. The molecule has 0 saturated carbocycles. The zero-order chi connectivity index (χ0) is 24.5. The molecule has 0 amide bonds. The van der Waals surface area contributed by atoms with Crippen molar-refractivity contribution >= 4 is 10.9 Å². The van der Waals surface area contributed by atoms with Gasteiger partial charge in [0, 0.05) is 17.6 Å². The fourth-order valence-corrected chi connectivity index (χ4v) is 4.41. The third kappa shape index (κ3) is 4.82. The molecule has 0 radical (unpaired) electrons. The van der Waals surface area contributed by atoms with Crippen LogP contribution in [0, 0.1) is 12.8 Å². The number of fused-ring (bicyclic) bond motifs is 1. The lowest BCUT2D eigenvalue weighted by Gasteiger charge is -2.35. The van der Waals surface area contributed by atoms with E-state index in [1.807, 2.05) is 35.0 Å². The third-order valence-corrected chi connectivity index (χ3v) is 6.61. The van der Waals surface area contributed by atoms with Crippen molar-refractivity contribution < 1.29 is 4.42 Å². The van der Waals surface area contributed by atoms with E-state index in [0.717, 1.165) is 34.5 Å². The molecule has 1 atom stereocenters.